The van der Waals surface area contributed by atoms with Gasteiger partial charge in [0, 0.05) is 11.3 Å². The molecule has 0 aromatic heterocycles. The number of carbonyl (C=O) groups is 3. The van der Waals surface area contributed by atoms with E-state index in [-0.39, 0.29) is 21.8 Å². The van der Waals surface area contributed by atoms with Gasteiger partial charge in [0.05, 0.1) is 16.2 Å². The predicted octanol–water partition coefficient (Wildman–Crippen LogP) is 1.76. The van der Waals surface area contributed by atoms with Crippen LogP contribution in [0, 0.1) is 0 Å². The van der Waals surface area contributed by atoms with E-state index in [0.29, 0.717) is 5.69 Å². The molecule has 9 heteroatoms. The first-order valence-electron chi connectivity index (χ1n) is 8.39. The number of rotatable bonds is 7. The largest absolute Gasteiger partial charge is 0.449 e. The van der Waals surface area contributed by atoms with E-state index < -0.39 is 33.7 Å². The highest BCUT2D eigenvalue weighted by Gasteiger charge is 2.25. The number of anilines is 1. The van der Waals surface area contributed by atoms with Gasteiger partial charge in [-0.15, -0.1) is 0 Å². The van der Waals surface area contributed by atoms with Gasteiger partial charge in [-0.2, -0.15) is 0 Å². The molecule has 0 radical (unpaired) electrons. The number of nitrogens with one attached hydrogen (secondary N) is 1. The topological polar surface area (TPSA) is 133 Å². The molecule has 3 N–H and O–H groups in total. The summed E-state index contributed by atoms with van der Waals surface area (Å²) in [6, 6.07) is 11.5. The molecule has 0 aliphatic heterocycles. The molecular weight excluding hydrogens is 384 g/mol. The molecule has 0 bridgehead atoms. The third-order valence-electron chi connectivity index (χ3n) is 3.91. The van der Waals surface area contributed by atoms with Crippen LogP contribution in [0.25, 0.3) is 0 Å². The van der Waals surface area contributed by atoms with Crippen LogP contribution in [-0.4, -0.2) is 38.1 Å². The number of esters is 1. The van der Waals surface area contributed by atoms with E-state index in [1.54, 1.807) is 0 Å². The Morgan fingerprint density at radius 2 is 1.68 bits per heavy atom. The molecule has 2 aromatic carbocycles. The highest BCUT2D eigenvalue weighted by Crippen LogP contribution is 2.19. The maximum Gasteiger partial charge on any atom is 0.340 e. The maximum absolute atomic E-state index is 12.4. The third-order valence-corrected chi connectivity index (χ3v) is 5.70. The number of amides is 2. The zero-order valence-corrected chi connectivity index (χ0v) is 16.2. The standard InChI is InChI=1S/C19H20N2O6S/c1-3-28(25,26)16-7-5-4-6-15(16)19(24)27-12(2)18(23)21-14-10-8-13(9-11-14)17(20)22/h4-12H,3H2,1-2H3,(H2,20,22)(H,21,23)/t12-/m0/s1. The summed E-state index contributed by atoms with van der Waals surface area (Å²) in [5.41, 5.74) is 5.68. The Hall–Kier alpha value is -3.20. The van der Waals surface area contributed by atoms with Crippen molar-refractivity contribution in [3.63, 3.8) is 0 Å². The minimum Gasteiger partial charge on any atom is -0.449 e. The van der Waals surface area contributed by atoms with Crippen molar-refractivity contribution >= 4 is 33.3 Å². The molecule has 2 rings (SSSR count). The molecule has 0 heterocycles. The fourth-order valence-electron chi connectivity index (χ4n) is 2.30. The van der Waals surface area contributed by atoms with Crippen LogP contribution in [0.3, 0.4) is 0 Å². The molecule has 0 saturated carbocycles. The van der Waals surface area contributed by atoms with Crippen molar-refractivity contribution in [2.75, 3.05) is 11.1 Å². The van der Waals surface area contributed by atoms with Crippen molar-refractivity contribution in [1.82, 2.24) is 0 Å². The van der Waals surface area contributed by atoms with Gasteiger partial charge in [-0.25, -0.2) is 13.2 Å². The highest BCUT2D eigenvalue weighted by atomic mass is 32.2. The van der Waals surface area contributed by atoms with Crippen LogP contribution >= 0.6 is 0 Å². The lowest BCUT2D eigenvalue weighted by Crippen LogP contribution is -2.30. The summed E-state index contributed by atoms with van der Waals surface area (Å²) < 4.78 is 29.4. The molecule has 28 heavy (non-hydrogen) atoms. The minimum atomic E-state index is -3.63. The first kappa shape index (κ1) is 21.1. The van der Waals surface area contributed by atoms with E-state index in [0.717, 1.165) is 0 Å². The lowest BCUT2D eigenvalue weighted by Gasteiger charge is -2.15. The quantitative estimate of drug-likeness (QED) is 0.676. The van der Waals surface area contributed by atoms with E-state index in [1.165, 1.54) is 62.4 Å². The van der Waals surface area contributed by atoms with Crippen LogP contribution in [-0.2, 0) is 19.4 Å². The Morgan fingerprint density at radius 3 is 2.25 bits per heavy atom. The number of nitrogens with two attached hydrogens (primary N) is 1. The van der Waals surface area contributed by atoms with Crippen LogP contribution in [0.5, 0.6) is 0 Å². The molecule has 2 aromatic rings. The smallest absolute Gasteiger partial charge is 0.340 e. The molecular formula is C19H20N2O6S. The van der Waals surface area contributed by atoms with Crippen molar-refractivity contribution in [3.8, 4) is 0 Å². The van der Waals surface area contributed by atoms with Gasteiger partial charge in [0.2, 0.25) is 5.91 Å². The van der Waals surface area contributed by atoms with Crippen LogP contribution in [0.2, 0.25) is 0 Å². The van der Waals surface area contributed by atoms with Crippen LogP contribution in [0.4, 0.5) is 5.69 Å². The summed E-state index contributed by atoms with van der Waals surface area (Å²) in [5, 5.41) is 2.53. The third kappa shape index (κ3) is 4.95. The zero-order valence-electron chi connectivity index (χ0n) is 15.3. The van der Waals surface area contributed by atoms with Crippen molar-refractivity contribution < 1.29 is 27.5 Å². The van der Waals surface area contributed by atoms with E-state index in [9.17, 15) is 22.8 Å². The van der Waals surface area contributed by atoms with E-state index in [4.69, 9.17) is 10.5 Å². The summed E-state index contributed by atoms with van der Waals surface area (Å²) in [7, 11) is -3.63. The summed E-state index contributed by atoms with van der Waals surface area (Å²) in [6.07, 6.45) is -1.18. The second kappa shape index (κ2) is 8.66. The molecule has 0 spiro atoms. The maximum atomic E-state index is 12.4. The minimum absolute atomic E-state index is 0.130. The number of sulfone groups is 1. The molecule has 0 aliphatic carbocycles. The summed E-state index contributed by atoms with van der Waals surface area (Å²) in [6.45, 7) is 2.83. The normalized spacial score (nSPS) is 12.1. The van der Waals surface area contributed by atoms with Crippen LogP contribution in [0.15, 0.2) is 53.4 Å². The van der Waals surface area contributed by atoms with Crippen molar-refractivity contribution in [3.05, 3.63) is 59.7 Å². The number of carbonyl (C=O) groups excluding carboxylic acids is 3. The average Bonchev–Trinajstić information content (AvgIpc) is 2.68. The molecule has 0 aliphatic rings. The highest BCUT2D eigenvalue weighted by molar-refractivity contribution is 7.91. The first-order chi connectivity index (χ1) is 13.2. The van der Waals surface area contributed by atoms with E-state index in [2.05, 4.69) is 5.32 Å². The van der Waals surface area contributed by atoms with Gasteiger partial charge >= 0.3 is 5.97 Å². The van der Waals surface area contributed by atoms with Gasteiger partial charge in [0.25, 0.3) is 5.91 Å². The Bertz CT molecular complexity index is 999. The summed E-state index contributed by atoms with van der Waals surface area (Å²) >= 11 is 0. The monoisotopic (exact) mass is 404 g/mol. The van der Waals surface area contributed by atoms with Crippen molar-refractivity contribution in [2.45, 2.75) is 24.8 Å². The molecule has 8 nitrogen and oxygen atoms in total. The van der Waals surface area contributed by atoms with Gasteiger partial charge in [0.15, 0.2) is 15.9 Å². The molecule has 0 fully saturated rings. The Balaban J connectivity index is 2.10. The molecule has 0 unspecified atom stereocenters. The lowest BCUT2D eigenvalue weighted by atomic mass is 10.2. The summed E-state index contributed by atoms with van der Waals surface area (Å²) in [4.78, 5) is 35.5. The number of hydrogen-bond donors (Lipinski definition) is 2. The fraction of sp³-hybridized carbons (Fsp3) is 0.211. The second-order valence-electron chi connectivity index (χ2n) is 5.88. The first-order valence-corrected chi connectivity index (χ1v) is 10.0. The van der Waals surface area contributed by atoms with Crippen LogP contribution in [0.1, 0.15) is 34.6 Å². The molecule has 0 saturated heterocycles. The SMILES string of the molecule is CCS(=O)(=O)c1ccccc1C(=O)O[C@@H](C)C(=O)Nc1ccc(C(N)=O)cc1. The van der Waals surface area contributed by atoms with Gasteiger partial charge in [-0.1, -0.05) is 19.1 Å². The van der Waals surface area contributed by atoms with Crippen molar-refractivity contribution in [2.24, 2.45) is 5.73 Å². The Morgan fingerprint density at radius 1 is 1.07 bits per heavy atom. The molecule has 148 valence electrons. The zero-order chi connectivity index (χ0) is 20.9. The second-order valence-corrected chi connectivity index (χ2v) is 8.12. The van der Waals surface area contributed by atoms with Gasteiger partial charge in [0.1, 0.15) is 0 Å². The summed E-state index contributed by atoms with van der Waals surface area (Å²) in [5.74, 6) is -2.30. The Kier molecular flexibility index (Phi) is 6.53. The van der Waals surface area contributed by atoms with E-state index >= 15 is 0 Å². The van der Waals surface area contributed by atoms with Gasteiger partial charge in [-0.05, 0) is 43.3 Å². The fourth-order valence-corrected chi connectivity index (χ4v) is 3.38. The van der Waals surface area contributed by atoms with Crippen LogP contribution < -0.4 is 11.1 Å². The van der Waals surface area contributed by atoms with Crippen molar-refractivity contribution in [1.29, 1.82) is 0 Å². The lowest BCUT2D eigenvalue weighted by molar-refractivity contribution is -0.123. The number of hydrogen-bond acceptors (Lipinski definition) is 6. The average molecular weight is 404 g/mol. The molecule has 2 amide bonds. The van der Waals surface area contributed by atoms with Gasteiger partial charge in [-0.3, -0.25) is 9.59 Å². The Labute approximate surface area is 162 Å². The van der Waals surface area contributed by atoms with E-state index in [1.807, 2.05) is 0 Å². The molecule has 1 atom stereocenters. The predicted molar refractivity (Wildman–Crippen MR) is 103 cm³/mol. The van der Waals surface area contributed by atoms with Gasteiger partial charge < -0.3 is 15.8 Å². The number of benzene rings is 2. The number of ether oxygens (including phenoxy) is 1. The number of primary amides is 1.